The Balaban J connectivity index is 0.000000720. The average molecular weight is 386 g/mol. The summed E-state index contributed by atoms with van der Waals surface area (Å²) in [6.45, 7) is 0. The molecule has 0 aromatic carbocycles. The average Bonchev–Trinajstić information content (AvgIpc) is 2.60. The van der Waals surface area contributed by atoms with E-state index in [9.17, 15) is 0 Å². The molecule has 70 valence electrons. The molecule has 13 heavy (non-hydrogen) atoms. The minimum absolute atomic E-state index is 0. The summed E-state index contributed by atoms with van der Waals surface area (Å²) in [7, 11) is 0. The molecule has 0 heterocycles. The topological polar surface area (TPSA) is 0 Å². The van der Waals surface area contributed by atoms with Crippen molar-refractivity contribution < 1.29 is 52.5 Å². The summed E-state index contributed by atoms with van der Waals surface area (Å²) in [5, 5.41) is 0. The van der Waals surface area contributed by atoms with E-state index in [-0.39, 0.29) is 52.5 Å². The molecule has 0 fully saturated rings. The van der Waals surface area contributed by atoms with Gasteiger partial charge in [0.1, 0.15) is 0 Å². The molecule has 2 rings (SSSR count). The Morgan fingerprint density at radius 3 is 1.62 bits per heavy atom. The smallest absolute Gasteiger partial charge is 1.00 e. The first-order chi connectivity index (χ1) is 5.45. The van der Waals surface area contributed by atoms with Gasteiger partial charge in [0.25, 0.3) is 0 Å². The molecule has 0 atom stereocenters. The van der Waals surface area contributed by atoms with Crippen molar-refractivity contribution in [2.75, 3.05) is 0 Å². The molecule has 0 nitrogen and oxygen atoms in total. The maximum absolute atomic E-state index is 2.29. The van der Waals surface area contributed by atoms with Gasteiger partial charge in [0.2, 0.25) is 0 Å². The number of hydrogen-bond acceptors (Lipinski definition) is 0. The molecule has 0 spiro atoms. The Morgan fingerprint density at radius 2 is 1.31 bits per heavy atom. The van der Waals surface area contributed by atoms with Gasteiger partial charge in [-0.1, -0.05) is 0 Å². The van der Waals surface area contributed by atoms with E-state index in [0.717, 1.165) is 0 Å². The molecule has 0 aromatic heterocycles. The Bertz CT molecular complexity index is 247. The van der Waals surface area contributed by atoms with Gasteiger partial charge < -0.3 is 34.0 Å². The predicted octanol–water partition coefficient (Wildman–Crippen LogP) is -3.24. The summed E-state index contributed by atoms with van der Waals surface area (Å²) in [6.07, 6.45) is 15.9. The van der Waals surface area contributed by atoms with Gasteiger partial charge in [0.15, 0.2) is 0 Å². The van der Waals surface area contributed by atoms with E-state index in [4.69, 9.17) is 0 Å². The minimum atomic E-state index is 0. The Labute approximate surface area is 109 Å². The van der Waals surface area contributed by atoms with Crippen LogP contribution in [-0.2, 0) is 18.6 Å². The van der Waals surface area contributed by atoms with E-state index in [1.165, 1.54) is 12.8 Å². The van der Waals surface area contributed by atoms with Gasteiger partial charge in [-0.2, -0.15) is 0 Å². The van der Waals surface area contributed by atoms with Crippen molar-refractivity contribution in [1.29, 1.82) is 0 Å². The van der Waals surface area contributed by atoms with Crippen LogP contribution in [0.5, 0.6) is 0 Å². The third-order valence-corrected chi connectivity index (χ3v) is 4.51. The quantitative estimate of drug-likeness (QED) is 0.438. The van der Waals surface area contributed by atoms with Gasteiger partial charge in [0.05, 0.1) is 0 Å². The second-order valence-corrected chi connectivity index (χ2v) is 5.71. The van der Waals surface area contributed by atoms with Gasteiger partial charge in [-0.25, -0.2) is 0 Å². The van der Waals surface area contributed by atoms with E-state index in [2.05, 4.69) is 36.5 Å². The maximum Gasteiger partial charge on any atom is -1.00 e. The fourth-order valence-electron chi connectivity index (χ4n) is 1.17. The first kappa shape index (κ1) is 13.6. The molecule has 0 unspecified atom stereocenters. The molecule has 0 saturated carbocycles. The molecule has 0 N–H and O–H groups in total. The van der Waals surface area contributed by atoms with Gasteiger partial charge in [0, 0.05) is 0 Å². The largest absolute Gasteiger partial charge is 1.00 e. The van der Waals surface area contributed by atoms with Crippen LogP contribution in [0.15, 0.2) is 44.4 Å². The third kappa shape index (κ3) is 4.10. The molecule has 0 aliphatic heterocycles. The summed E-state index contributed by atoms with van der Waals surface area (Å²) in [5.74, 6) is 0. The standard InChI is InChI=1S/2C5H5.2BrH.Mo/c2*1-2-4-5-3-1;;;/h2*1-3H,4H2;2*1H;/q;;;;+2/p-2. The molecule has 0 saturated heterocycles. The van der Waals surface area contributed by atoms with Gasteiger partial charge in [-0.3, -0.25) is 0 Å². The molecular formula is C10H10Br2Mo. The van der Waals surface area contributed by atoms with Crippen molar-refractivity contribution in [3.8, 4) is 0 Å². The van der Waals surface area contributed by atoms with Gasteiger partial charge in [-0.15, -0.1) is 0 Å². The molecule has 0 radical (unpaired) electrons. The van der Waals surface area contributed by atoms with Crippen molar-refractivity contribution >= 4 is 0 Å². The summed E-state index contributed by atoms with van der Waals surface area (Å²) >= 11 is 0.0394. The van der Waals surface area contributed by atoms with Crippen LogP contribution in [0.3, 0.4) is 0 Å². The summed E-state index contributed by atoms with van der Waals surface area (Å²) in [4.78, 5) is 0. The van der Waals surface area contributed by atoms with E-state index in [1.54, 1.807) is 7.93 Å². The number of halogens is 2. The second kappa shape index (κ2) is 6.97. The fraction of sp³-hybridized carbons (Fsp3) is 0.200. The molecule has 0 aromatic rings. The zero-order valence-electron chi connectivity index (χ0n) is 7.04. The first-order valence-electron chi connectivity index (χ1n) is 3.84. The Hall–Kier alpha value is 0.608. The molecular weight excluding hydrogens is 376 g/mol. The predicted molar refractivity (Wildman–Crippen MR) is 43.7 cm³/mol. The zero-order chi connectivity index (χ0) is 7.52. The number of hydrogen-bond donors (Lipinski definition) is 0. The number of allylic oxidation sites excluding steroid dienone is 8. The Kier molecular flexibility index (Phi) is 7.30. The normalized spacial score (nSPS) is 17.2. The number of rotatable bonds is 2. The van der Waals surface area contributed by atoms with Crippen LogP contribution in [0.25, 0.3) is 0 Å². The summed E-state index contributed by atoms with van der Waals surface area (Å²) < 4.78 is 3.37. The third-order valence-electron chi connectivity index (χ3n) is 1.74. The van der Waals surface area contributed by atoms with Crippen LogP contribution >= 0.6 is 0 Å². The van der Waals surface area contributed by atoms with Gasteiger partial charge >= 0.3 is 75.8 Å². The molecule has 2 aliphatic rings. The van der Waals surface area contributed by atoms with Crippen molar-refractivity contribution in [2.45, 2.75) is 12.8 Å². The second-order valence-electron chi connectivity index (χ2n) is 2.63. The monoisotopic (exact) mass is 386 g/mol. The zero-order valence-corrected chi connectivity index (χ0v) is 12.2. The van der Waals surface area contributed by atoms with Crippen LogP contribution in [0.2, 0.25) is 0 Å². The first-order valence-corrected chi connectivity index (χ1v) is 5.85. The van der Waals surface area contributed by atoms with Crippen molar-refractivity contribution in [2.24, 2.45) is 0 Å². The van der Waals surface area contributed by atoms with Crippen molar-refractivity contribution in [3.05, 3.63) is 44.4 Å². The minimum Gasteiger partial charge on any atom is -1.00 e. The van der Waals surface area contributed by atoms with Gasteiger partial charge in [-0.05, 0) is 0 Å². The summed E-state index contributed by atoms with van der Waals surface area (Å²) in [6, 6.07) is 0. The van der Waals surface area contributed by atoms with Crippen LogP contribution in [0, 0.1) is 0 Å². The van der Waals surface area contributed by atoms with E-state index >= 15 is 0 Å². The molecule has 0 bridgehead atoms. The maximum atomic E-state index is 2.29. The fourth-order valence-corrected chi connectivity index (χ4v) is 3.61. The molecule has 3 heteroatoms. The van der Waals surface area contributed by atoms with Crippen LogP contribution < -0.4 is 34.0 Å². The van der Waals surface area contributed by atoms with Crippen molar-refractivity contribution in [3.63, 3.8) is 0 Å². The van der Waals surface area contributed by atoms with Crippen LogP contribution in [-0.4, -0.2) is 0 Å². The Morgan fingerprint density at radius 1 is 0.846 bits per heavy atom. The molecule has 0 amide bonds. The molecule has 2 aliphatic carbocycles. The summed E-state index contributed by atoms with van der Waals surface area (Å²) in [5.41, 5.74) is 0. The van der Waals surface area contributed by atoms with E-state index < -0.39 is 0 Å². The van der Waals surface area contributed by atoms with E-state index in [1.807, 2.05) is 0 Å². The SMILES string of the molecule is C1=CC[C]([Mo+2][C]2=CC=CC2)=C1.[Br-].[Br-]. The van der Waals surface area contributed by atoms with Crippen LogP contribution in [0.1, 0.15) is 12.8 Å². The van der Waals surface area contributed by atoms with E-state index in [0.29, 0.717) is 0 Å². The van der Waals surface area contributed by atoms with Crippen LogP contribution in [0.4, 0.5) is 0 Å². The van der Waals surface area contributed by atoms with Crippen molar-refractivity contribution in [1.82, 2.24) is 0 Å².